The summed E-state index contributed by atoms with van der Waals surface area (Å²) in [6, 6.07) is 4.54. The van der Waals surface area contributed by atoms with E-state index in [0.29, 0.717) is 11.6 Å². The Morgan fingerprint density at radius 2 is 2.36 bits per heavy atom. The number of rotatable bonds is 2. The first kappa shape index (κ1) is 9.46. The van der Waals surface area contributed by atoms with Crippen molar-refractivity contribution in [1.29, 1.82) is 0 Å². The van der Waals surface area contributed by atoms with Gasteiger partial charge in [0.25, 0.3) is 0 Å². The summed E-state index contributed by atoms with van der Waals surface area (Å²) in [5.41, 5.74) is 7.34. The van der Waals surface area contributed by atoms with Crippen LogP contribution in [0.15, 0.2) is 18.2 Å². The number of ether oxygens (including phenoxy) is 1. The molecule has 2 N–H and O–H groups in total. The molecule has 1 aliphatic rings. The van der Waals surface area contributed by atoms with Crippen LogP contribution in [0.3, 0.4) is 0 Å². The minimum atomic E-state index is -0.215. The summed E-state index contributed by atoms with van der Waals surface area (Å²) in [5.74, 6) is 0.284. The number of nitrogen functional groups attached to an aromatic ring is 1. The van der Waals surface area contributed by atoms with Crippen LogP contribution in [0.2, 0.25) is 0 Å². The van der Waals surface area contributed by atoms with Crippen LogP contribution in [0.25, 0.3) is 0 Å². The summed E-state index contributed by atoms with van der Waals surface area (Å²) >= 11 is 0. The van der Waals surface area contributed by atoms with Crippen LogP contribution in [0.1, 0.15) is 12.0 Å². The molecule has 0 aliphatic carbocycles. The minimum Gasteiger partial charge on any atom is -0.399 e. The Hall–Kier alpha value is -1.09. The largest absolute Gasteiger partial charge is 0.399 e. The molecule has 1 aromatic rings. The summed E-state index contributed by atoms with van der Waals surface area (Å²) in [5, 5.41) is 0. The fourth-order valence-corrected chi connectivity index (χ4v) is 1.81. The van der Waals surface area contributed by atoms with E-state index in [1.54, 1.807) is 6.07 Å². The van der Waals surface area contributed by atoms with Gasteiger partial charge in [-0.2, -0.15) is 0 Å². The lowest BCUT2D eigenvalue weighted by Gasteiger charge is -2.09. The highest BCUT2D eigenvalue weighted by atomic mass is 19.1. The van der Waals surface area contributed by atoms with Crippen molar-refractivity contribution in [2.75, 3.05) is 18.9 Å². The van der Waals surface area contributed by atoms with Gasteiger partial charge in [-0.15, -0.1) is 0 Å². The van der Waals surface area contributed by atoms with Crippen LogP contribution in [-0.2, 0) is 11.2 Å². The fraction of sp³-hybridized carbons (Fsp3) is 0.455. The SMILES string of the molecule is Nc1ccc(F)cc1CC1CCOC1. The molecular weight excluding hydrogens is 181 g/mol. The van der Waals surface area contributed by atoms with Crippen LogP contribution >= 0.6 is 0 Å². The summed E-state index contributed by atoms with van der Waals surface area (Å²) in [6.07, 6.45) is 1.87. The van der Waals surface area contributed by atoms with Crippen molar-refractivity contribution in [2.24, 2.45) is 5.92 Å². The van der Waals surface area contributed by atoms with Gasteiger partial charge >= 0.3 is 0 Å². The number of anilines is 1. The monoisotopic (exact) mass is 195 g/mol. The first-order chi connectivity index (χ1) is 6.75. The smallest absolute Gasteiger partial charge is 0.123 e. The number of hydrogen-bond donors (Lipinski definition) is 1. The Kier molecular flexibility index (Phi) is 2.68. The van der Waals surface area contributed by atoms with Crippen molar-refractivity contribution >= 4 is 5.69 Å². The van der Waals surface area contributed by atoms with Gasteiger partial charge < -0.3 is 10.5 Å². The van der Waals surface area contributed by atoms with Crippen molar-refractivity contribution in [3.8, 4) is 0 Å². The van der Waals surface area contributed by atoms with Gasteiger partial charge in [-0.3, -0.25) is 0 Å². The molecule has 76 valence electrons. The van der Waals surface area contributed by atoms with Crippen molar-refractivity contribution in [1.82, 2.24) is 0 Å². The van der Waals surface area contributed by atoms with E-state index in [4.69, 9.17) is 10.5 Å². The first-order valence-electron chi connectivity index (χ1n) is 4.87. The third-order valence-electron chi connectivity index (χ3n) is 2.64. The average molecular weight is 195 g/mol. The quantitative estimate of drug-likeness (QED) is 0.732. The minimum absolute atomic E-state index is 0.215. The molecule has 2 rings (SSSR count). The molecule has 2 nitrogen and oxygen atoms in total. The Labute approximate surface area is 82.9 Å². The second kappa shape index (κ2) is 3.96. The standard InChI is InChI=1S/C11H14FNO/c12-10-1-2-11(13)9(6-10)5-8-3-4-14-7-8/h1-2,6,8H,3-5,7,13H2. The zero-order valence-corrected chi connectivity index (χ0v) is 8.00. The van der Waals surface area contributed by atoms with Crippen molar-refractivity contribution < 1.29 is 9.13 Å². The predicted molar refractivity (Wildman–Crippen MR) is 53.4 cm³/mol. The summed E-state index contributed by atoms with van der Waals surface area (Å²) in [6.45, 7) is 1.59. The molecule has 0 spiro atoms. The fourth-order valence-electron chi connectivity index (χ4n) is 1.81. The second-order valence-corrected chi connectivity index (χ2v) is 3.78. The van der Waals surface area contributed by atoms with Crippen LogP contribution in [0.4, 0.5) is 10.1 Å². The van der Waals surface area contributed by atoms with E-state index < -0.39 is 0 Å². The second-order valence-electron chi connectivity index (χ2n) is 3.78. The van der Waals surface area contributed by atoms with E-state index in [2.05, 4.69) is 0 Å². The third kappa shape index (κ3) is 2.04. The van der Waals surface area contributed by atoms with E-state index in [0.717, 1.165) is 31.6 Å². The lowest BCUT2D eigenvalue weighted by molar-refractivity contribution is 0.186. The Morgan fingerprint density at radius 1 is 1.50 bits per heavy atom. The highest BCUT2D eigenvalue weighted by Gasteiger charge is 2.17. The van der Waals surface area contributed by atoms with Crippen molar-refractivity contribution in [3.63, 3.8) is 0 Å². The Morgan fingerprint density at radius 3 is 3.07 bits per heavy atom. The number of nitrogens with two attached hydrogens (primary N) is 1. The number of halogens is 1. The molecule has 0 aromatic heterocycles. The molecule has 1 saturated heterocycles. The molecule has 1 aliphatic heterocycles. The van der Waals surface area contributed by atoms with Gasteiger partial charge in [-0.25, -0.2) is 4.39 Å². The molecule has 0 radical (unpaired) electrons. The summed E-state index contributed by atoms with van der Waals surface area (Å²) in [4.78, 5) is 0. The van der Waals surface area contributed by atoms with E-state index in [-0.39, 0.29) is 5.82 Å². The zero-order chi connectivity index (χ0) is 9.97. The van der Waals surface area contributed by atoms with E-state index in [1.165, 1.54) is 12.1 Å². The topological polar surface area (TPSA) is 35.2 Å². The van der Waals surface area contributed by atoms with Gasteiger partial charge in [0, 0.05) is 18.9 Å². The molecule has 1 unspecified atom stereocenters. The maximum Gasteiger partial charge on any atom is 0.123 e. The lowest BCUT2D eigenvalue weighted by atomic mass is 9.97. The number of benzene rings is 1. The van der Waals surface area contributed by atoms with Gasteiger partial charge in [0.1, 0.15) is 5.82 Å². The molecule has 0 amide bonds. The predicted octanol–water partition coefficient (Wildman–Crippen LogP) is 1.99. The Balaban J connectivity index is 2.10. The van der Waals surface area contributed by atoms with E-state index in [1.807, 2.05) is 0 Å². The lowest BCUT2D eigenvalue weighted by Crippen LogP contribution is -2.06. The molecule has 0 bridgehead atoms. The highest BCUT2D eigenvalue weighted by Crippen LogP contribution is 2.22. The highest BCUT2D eigenvalue weighted by molar-refractivity contribution is 5.46. The van der Waals surface area contributed by atoms with Gasteiger partial charge in [0.15, 0.2) is 0 Å². The van der Waals surface area contributed by atoms with Crippen molar-refractivity contribution in [2.45, 2.75) is 12.8 Å². The van der Waals surface area contributed by atoms with E-state index in [9.17, 15) is 4.39 Å². The average Bonchev–Trinajstić information content (AvgIpc) is 2.64. The van der Waals surface area contributed by atoms with Crippen LogP contribution < -0.4 is 5.73 Å². The third-order valence-corrected chi connectivity index (χ3v) is 2.64. The van der Waals surface area contributed by atoms with Gasteiger partial charge in [0.05, 0.1) is 0 Å². The van der Waals surface area contributed by atoms with Crippen LogP contribution in [0, 0.1) is 11.7 Å². The van der Waals surface area contributed by atoms with Gasteiger partial charge in [0.2, 0.25) is 0 Å². The normalized spacial score (nSPS) is 21.4. The molecule has 14 heavy (non-hydrogen) atoms. The number of hydrogen-bond acceptors (Lipinski definition) is 2. The maximum atomic E-state index is 12.9. The van der Waals surface area contributed by atoms with Crippen molar-refractivity contribution in [3.05, 3.63) is 29.6 Å². The molecular formula is C11H14FNO. The zero-order valence-electron chi connectivity index (χ0n) is 8.00. The molecule has 1 fully saturated rings. The first-order valence-corrected chi connectivity index (χ1v) is 4.87. The summed E-state index contributed by atoms with van der Waals surface area (Å²) < 4.78 is 18.2. The van der Waals surface area contributed by atoms with Crippen LogP contribution in [0.5, 0.6) is 0 Å². The van der Waals surface area contributed by atoms with Gasteiger partial charge in [-0.1, -0.05) is 0 Å². The molecule has 3 heteroatoms. The molecule has 1 aromatic carbocycles. The molecule has 1 heterocycles. The van der Waals surface area contributed by atoms with Gasteiger partial charge in [-0.05, 0) is 42.5 Å². The van der Waals surface area contributed by atoms with Crippen LogP contribution in [-0.4, -0.2) is 13.2 Å². The summed E-state index contributed by atoms with van der Waals surface area (Å²) in [7, 11) is 0. The Bertz CT molecular complexity index is 321. The maximum absolute atomic E-state index is 12.9. The van der Waals surface area contributed by atoms with E-state index >= 15 is 0 Å². The molecule has 1 atom stereocenters. The molecule has 0 saturated carbocycles.